The smallest absolute Gasteiger partial charge is 0.310 e. The van der Waals surface area contributed by atoms with Gasteiger partial charge >= 0.3 is 5.97 Å². The Morgan fingerprint density at radius 3 is 2.67 bits per heavy atom. The molecule has 0 radical (unpaired) electrons. The summed E-state index contributed by atoms with van der Waals surface area (Å²) in [6, 6.07) is 19.4. The van der Waals surface area contributed by atoms with E-state index in [4.69, 9.17) is 16.3 Å². The van der Waals surface area contributed by atoms with E-state index in [0.29, 0.717) is 46.8 Å². The van der Waals surface area contributed by atoms with Gasteiger partial charge in [0.25, 0.3) is 0 Å². The molecule has 2 unspecified atom stereocenters. The number of ether oxygens (including phenoxy) is 1. The predicted molar refractivity (Wildman–Crippen MR) is 173 cm³/mol. The fourth-order valence-electron chi connectivity index (χ4n) is 6.85. The van der Waals surface area contributed by atoms with Gasteiger partial charge in [-0.25, -0.2) is 4.39 Å². The Bertz CT molecular complexity index is 1820. The summed E-state index contributed by atoms with van der Waals surface area (Å²) in [5.74, 6) is -1.25. The summed E-state index contributed by atoms with van der Waals surface area (Å²) in [4.78, 5) is 17.6. The van der Waals surface area contributed by atoms with Crippen LogP contribution in [0.4, 0.5) is 4.39 Å². The van der Waals surface area contributed by atoms with Crippen molar-refractivity contribution in [3.8, 4) is 22.9 Å². The molecule has 1 aliphatic heterocycles. The molecule has 0 spiro atoms. The summed E-state index contributed by atoms with van der Waals surface area (Å²) in [6.45, 7) is 2.93. The van der Waals surface area contributed by atoms with Crippen molar-refractivity contribution in [1.82, 2.24) is 9.88 Å². The molecule has 0 saturated carbocycles. The number of aryl methyl sites for hydroxylation is 1. The van der Waals surface area contributed by atoms with Crippen molar-refractivity contribution in [3.05, 3.63) is 117 Å². The Morgan fingerprint density at radius 2 is 1.91 bits per heavy atom. The summed E-state index contributed by atoms with van der Waals surface area (Å²) < 4.78 is 21.7. The number of likely N-dealkylation sites (tertiary alicyclic amines) is 1. The maximum atomic E-state index is 15.4. The second kappa shape index (κ2) is 13.6. The Balaban J connectivity index is 1.29. The molecule has 1 aliphatic carbocycles. The number of pyridine rings is 1. The normalized spacial score (nSPS) is 19.2. The third kappa shape index (κ3) is 6.50. The van der Waals surface area contributed by atoms with Gasteiger partial charge in [-0.3, -0.25) is 14.7 Å². The van der Waals surface area contributed by atoms with Crippen LogP contribution in [0.25, 0.3) is 11.1 Å². The molecule has 0 amide bonds. The number of carbonyl (C=O) groups is 1. The van der Waals surface area contributed by atoms with Gasteiger partial charge in [-0.05, 0) is 77.6 Å². The highest BCUT2D eigenvalue weighted by atomic mass is 35.5. The number of halogens is 2. The van der Waals surface area contributed by atoms with Crippen LogP contribution in [0.3, 0.4) is 0 Å². The van der Waals surface area contributed by atoms with Crippen LogP contribution in [0.5, 0.6) is 5.75 Å². The van der Waals surface area contributed by atoms with Crippen LogP contribution in [0.1, 0.15) is 58.2 Å². The van der Waals surface area contributed by atoms with E-state index < -0.39 is 18.0 Å². The first-order valence-corrected chi connectivity index (χ1v) is 15.9. The van der Waals surface area contributed by atoms with Gasteiger partial charge in [-0.15, -0.1) is 0 Å². The molecule has 46 heavy (non-hydrogen) atoms. The lowest BCUT2D eigenvalue weighted by Crippen LogP contribution is -2.25. The van der Waals surface area contributed by atoms with Crippen molar-refractivity contribution in [2.24, 2.45) is 5.92 Å². The molecule has 2 heterocycles. The van der Waals surface area contributed by atoms with Gasteiger partial charge in [-0.1, -0.05) is 54.9 Å². The maximum Gasteiger partial charge on any atom is 0.310 e. The number of aliphatic carboxylic acids is 1. The van der Waals surface area contributed by atoms with Gasteiger partial charge < -0.3 is 14.9 Å². The number of aliphatic hydroxyl groups excluding tert-OH is 1. The number of aliphatic hydroxyl groups is 1. The highest BCUT2D eigenvalue weighted by Gasteiger charge is 2.37. The molecular formula is C37H35ClFN3O4. The standard InChI is InChI=1S/C37H35ClFN3O4/c1-2-24-5-3-8-31(36(24)39)29-7-4-6-28-25(9-10-30(28)29)12-26-14-35(46-21-23-11-22(15-40)16-41-17-23)27(13-33(26)38)18-42-19-32(37(44)45)34(43)20-42/h3-8,11,13-14,16-17,25,32,34,43H,2,9-10,12,18-21H2,1H3,(H,44,45)/t25-,32?,34?/m1/s1. The number of fused-ring (bicyclic) bond motifs is 1. The van der Waals surface area contributed by atoms with Crippen LogP contribution in [0, 0.1) is 23.1 Å². The monoisotopic (exact) mass is 639 g/mol. The van der Waals surface area contributed by atoms with Crippen molar-refractivity contribution in [1.29, 1.82) is 5.26 Å². The minimum Gasteiger partial charge on any atom is -0.489 e. The number of aromatic nitrogens is 1. The number of benzene rings is 3. The zero-order chi connectivity index (χ0) is 32.4. The Kier molecular flexibility index (Phi) is 9.37. The van der Waals surface area contributed by atoms with Crippen LogP contribution in [-0.4, -0.2) is 45.3 Å². The molecule has 1 saturated heterocycles. The van der Waals surface area contributed by atoms with E-state index in [-0.39, 0.29) is 31.4 Å². The molecule has 9 heteroatoms. The lowest BCUT2D eigenvalue weighted by Gasteiger charge is -2.21. The largest absolute Gasteiger partial charge is 0.489 e. The molecule has 1 fully saturated rings. The average Bonchev–Trinajstić information content (AvgIpc) is 3.64. The van der Waals surface area contributed by atoms with Gasteiger partial charge in [0.2, 0.25) is 0 Å². The number of β-amino-alcohol motifs (C(OH)–C–C–N with tert-alkyl or cyclic N) is 1. The van der Waals surface area contributed by atoms with Gasteiger partial charge in [0.1, 0.15) is 24.2 Å². The summed E-state index contributed by atoms with van der Waals surface area (Å²) in [6.07, 6.45) is 5.24. The van der Waals surface area contributed by atoms with E-state index in [1.165, 1.54) is 17.3 Å². The van der Waals surface area contributed by atoms with E-state index in [1.807, 2.05) is 54.3 Å². The molecule has 1 aromatic heterocycles. The van der Waals surface area contributed by atoms with Gasteiger partial charge in [-0.2, -0.15) is 5.26 Å². The van der Waals surface area contributed by atoms with Crippen molar-refractivity contribution in [2.75, 3.05) is 13.1 Å². The number of carboxylic acids is 1. The van der Waals surface area contributed by atoms with Crippen LogP contribution in [0.2, 0.25) is 5.02 Å². The molecule has 0 bridgehead atoms. The van der Waals surface area contributed by atoms with Crippen LogP contribution >= 0.6 is 11.6 Å². The summed E-state index contributed by atoms with van der Waals surface area (Å²) in [5.41, 5.74) is 7.53. The first-order valence-electron chi connectivity index (χ1n) is 15.6. The number of hydrogen-bond acceptors (Lipinski definition) is 6. The summed E-state index contributed by atoms with van der Waals surface area (Å²) >= 11 is 6.92. The van der Waals surface area contributed by atoms with E-state index in [0.717, 1.165) is 35.1 Å². The number of nitrogens with zero attached hydrogens (tertiary/aromatic N) is 3. The fraction of sp³-hybridized carbons (Fsp3) is 0.324. The molecule has 2 N–H and O–H groups in total. The van der Waals surface area contributed by atoms with Crippen molar-refractivity contribution < 1.29 is 24.1 Å². The quantitative estimate of drug-likeness (QED) is 0.199. The Hall–Kier alpha value is -4.29. The third-order valence-corrected chi connectivity index (χ3v) is 9.59. The van der Waals surface area contributed by atoms with Crippen molar-refractivity contribution in [2.45, 2.75) is 57.8 Å². The van der Waals surface area contributed by atoms with Gasteiger partial charge in [0.05, 0.1) is 17.6 Å². The van der Waals surface area contributed by atoms with E-state index in [9.17, 15) is 20.3 Å². The minimum atomic E-state index is -1.02. The second-order valence-electron chi connectivity index (χ2n) is 12.2. The zero-order valence-electron chi connectivity index (χ0n) is 25.5. The van der Waals surface area contributed by atoms with Crippen LogP contribution < -0.4 is 4.74 Å². The Morgan fingerprint density at radius 1 is 1.11 bits per heavy atom. The second-order valence-corrected chi connectivity index (χ2v) is 12.6. The highest BCUT2D eigenvalue weighted by molar-refractivity contribution is 6.31. The molecular weight excluding hydrogens is 605 g/mol. The fourth-order valence-corrected chi connectivity index (χ4v) is 7.11. The zero-order valence-corrected chi connectivity index (χ0v) is 26.3. The lowest BCUT2D eigenvalue weighted by molar-refractivity contribution is -0.143. The maximum absolute atomic E-state index is 15.4. The first kappa shape index (κ1) is 31.7. The first-order chi connectivity index (χ1) is 22.2. The number of carboxylic acid groups (broad SMARTS) is 1. The van der Waals surface area contributed by atoms with E-state index in [2.05, 4.69) is 17.1 Å². The summed E-state index contributed by atoms with van der Waals surface area (Å²) in [7, 11) is 0. The van der Waals surface area contributed by atoms with Gasteiger partial charge in [0.15, 0.2) is 0 Å². The van der Waals surface area contributed by atoms with Crippen molar-refractivity contribution in [3.63, 3.8) is 0 Å². The number of nitriles is 1. The third-order valence-electron chi connectivity index (χ3n) is 9.23. The average molecular weight is 640 g/mol. The number of rotatable bonds is 10. The molecule has 3 aromatic carbocycles. The molecule has 2 aliphatic rings. The molecule has 236 valence electrons. The lowest BCUT2D eigenvalue weighted by atomic mass is 9.90. The molecule has 6 rings (SSSR count). The highest BCUT2D eigenvalue weighted by Crippen LogP contribution is 2.43. The van der Waals surface area contributed by atoms with Crippen LogP contribution in [0.15, 0.2) is 67.0 Å². The number of hydrogen-bond donors (Lipinski definition) is 2. The predicted octanol–water partition coefficient (Wildman–Crippen LogP) is 6.70. The molecule has 4 aromatic rings. The van der Waals surface area contributed by atoms with E-state index >= 15 is 4.39 Å². The minimum absolute atomic E-state index is 0.155. The van der Waals surface area contributed by atoms with Crippen molar-refractivity contribution >= 4 is 17.6 Å². The molecule has 7 nitrogen and oxygen atoms in total. The SMILES string of the molecule is CCc1cccc(-c2cccc3c2CC[C@@H]3Cc2cc(OCc3cncc(C#N)c3)c(CN3CC(O)C(C(=O)O)C3)cc2Cl)c1F. The van der Waals surface area contributed by atoms with Gasteiger partial charge in [0, 0.05) is 53.7 Å². The molecule has 3 atom stereocenters. The summed E-state index contributed by atoms with van der Waals surface area (Å²) in [5, 5.41) is 29.7. The van der Waals surface area contributed by atoms with E-state index in [1.54, 1.807) is 12.3 Å². The Labute approximate surface area is 272 Å². The topological polar surface area (TPSA) is 107 Å². The van der Waals surface area contributed by atoms with Crippen LogP contribution in [-0.2, 0) is 37.2 Å².